The summed E-state index contributed by atoms with van der Waals surface area (Å²) < 4.78 is 28.2. The van der Waals surface area contributed by atoms with E-state index in [0.29, 0.717) is 25.7 Å². The Kier molecular flexibility index (Phi) is 4.03. The molecule has 110 valence electrons. The lowest BCUT2D eigenvalue weighted by Gasteiger charge is -2.24. The van der Waals surface area contributed by atoms with Crippen LogP contribution < -0.4 is 10.6 Å². The number of hydrogen-bond donors (Lipinski definition) is 1. The molecule has 0 unspecified atom stereocenters. The van der Waals surface area contributed by atoms with Gasteiger partial charge in [-0.05, 0) is 20.0 Å². The highest BCUT2D eigenvalue weighted by atomic mass is 19.1. The van der Waals surface area contributed by atoms with Gasteiger partial charge >= 0.3 is 0 Å². The molecule has 0 radical (unpaired) electrons. The van der Waals surface area contributed by atoms with Gasteiger partial charge in [0.15, 0.2) is 11.6 Å². The SMILES string of the molecule is CN1CCCN(c2c(F)cc([N+](=O)[O-])c(N)c2F)CC1. The van der Waals surface area contributed by atoms with Crippen LogP contribution in [0.25, 0.3) is 0 Å². The zero-order chi connectivity index (χ0) is 14.9. The van der Waals surface area contributed by atoms with Gasteiger partial charge in [-0.25, -0.2) is 8.78 Å². The Hall–Kier alpha value is -1.96. The number of halogens is 2. The molecule has 1 fully saturated rings. The van der Waals surface area contributed by atoms with Crippen LogP contribution in [0.1, 0.15) is 6.42 Å². The molecule has 2 N–H and O–H groups in total. The van der Waals surface area contributed by atoms with Crippen molar-refractivity contribution in [3.63, 3.8) is 0 Å². The summed E-state index contributed by atoms with van der Waals surface area (Å²) in [4.78, 5) is 13.4. The average molecular weight is 286 g/mol. The number of nitrogens with two attached hydrogens (primary N) is 1. The summed E-state index contributed by atoms with van der Waals surface area (Å²) in [5.74, 6) is -2.01. The zero-order valence-corrected chi connectivity index (χ0v) is 11.1. The van der Waals surface area contributed by atoms with E-state index >= 15 is 0 Å². The first kappa shape index (κ1) is 14.4. The van der Waals surface area contributed by atoms with Crippen LogP contribution in [0.3, 0.4) is 0 Å². The lowest BCUT2D eigenvalue weighted by atomic mass is 10.2. The predicted octanol–water partition coefficient (Wildman–Crippen LogP) is 1.60. The van der Waals surface area contributed by atoms with Gasteiger partial charge in [-0.15, -0.1) is 0 Å². The van der Waals surface area contributed by atoms with Crippen molar-refractivity contribution in [3.05, 3.63) is 27.8 Å². The summed E-state index contributed by atoms with van der Waals surface area (Å²) in [5.41, 5.74) is 3.77. The largest absolute Gasteiger partial charge is 0.391 e. The van der Waals surface area contributed by atoms with Crippen LogP contribution in [0.15, 0.2) is 6.07 Å². The fourth-order valence-electron chi connectivity index (χ4n) is 2.32. The Morgan fingerprint density at radius 1 is 1.30 bits per heavy atom. The molecule has 6 nitrogen and oxygen atoms in total. The molecule has 1 aromatic rings. The molecular weight excluding hydrogens is 270 g/mol. The Bertz CT molecular complexity index is 539. The van der Waals surface area contributed by atoms with Crippen LogP contribution in [0.2, 0.25) is 0 Å². The molecule has 8 heteroatoms. The molecular formula is C12H16F2N4O2. The van der Waals surface area contributed by atoms with Gasteiger partial charge in [0.2, 0.25) is 0 Å². The molecule has 0 saturated carbocycles. The average Bonchev–Trinajstić information content (AvgIpc) is 2.59. The van der Waals surface area contributed by atoms with Crippen molar-refractivity contribution in [3.8, 4) is 0 Å². The molecule has 0 bridgehead atoms. The van der Waals surface area contributed by atoms with Crippen LogP contribution in [-0.2, 0) is 0 Å². The van der Waals surface area contributed by atoms with Gasteiger partial charge in [-0.1, -0.05) is 0 Å². The molecule has 1 aliphatic heterocycles. The first-order valence-corrected chi connectivity index (χ1v) is 6.27. The minimum Gasteiger partial charge on any atom is -0.391 e. The van der Waals surface area contributed by atoms with E-state index in [0.717, 1.165) is 13.0 Å². The van der Waals surface area contributed by atoms with Gasteiger partial charge < -0.3 is 15.5 Å². The van der Waals surface area contributed by atoms with Gasteiger partial charge in [-0.2, -0.15) is 0 Å². The maximum Gasteiger partial charge on any atom is 0.298 e. The lowest BCUT2D eigenvalue weighted by Crippen LogP contribution is -2.30. The van der Waals surface area contributed by atoms with Crippen molar-refractivity contribution in [2.45, 2.75) is 6.42 Å². The summed E-state index contributed by atoms with van der Waals surface area (Å²) in [6.07, 6.45) is 0.756. The summed E-state index contributed by atoms with van der Waals surface area (Å²) in [7, 11) is 1.93. The van der Waals surface area contributed by atoms with Crippen molar-refractivity contribution < 1.29 is 13.7 Å². The van der Waals surface area contributed by atoms with E-state index in [2.05, 4.69) is 4.90 Å². The molecule has 2 rings (SSSR count). The first-order chi connectivity index (χ1) is 9.41. The van der Waals surface area contributed by atoms with E-state index in [-0.39, 0.29) is 5.69 Å². The van der Waals surface area contributed by atoms with E-state index in [4.69, 9.17) is 5.73 Å². The van der Waals surface area contributed by atoms with Crippen LogP contribution in [0.5, 0.6) is 0 Å². The summed E-state index contributed by atoms with van der Waals surface area (Å²) in [6.45, 7) is 2.43. The van der Waals surface area contributed by atoms with Crippen LogP contribution in [0.4, 0.5) is 25.8 Å². The van der Waals surface area contributed by atoms with E-state index < -0.39 is 27.9 Å². The zero-order valence-electron chi connectivity index (χ0n) is 11.1. The smallest absolute Gasteiger partial charge is 0.298 e. The third-order valence-electron chi connectivity index (χ3n) is 3.44. The van der Waals surface area contributed by atoms with Gasteiger partial charge in [0.05, 0.1) is 11.0 Å². The molecule has 1 aliphatic rings. The molecule has 0 amide bonds. The van der Waals surface area contributed by atoms with E-state index in [1.807, 2.05) is 7.05 Å². The Balaban J connectivity index is 2.41. The molecule has 20 heavy (non-hydrogen) atoms. The highest BCUT2D eigenvalue weighted by Crippen LogP contribution is 2.35. The molecule has 0 aromatic heterocycles. The first-order valence-electron chi connectivity index (χ1n) is 6.27. The fraction of sp³-hybridized carbons (Fsp3) is 0.500. The predicted molar refractivity (Wildman–Crippen MR) is 71.8 cm³/mol. The van der Waals surface area contributed by atoms with E-state index in [1.165, 1.54) is 0 Å². The number of nitrogen functional groups attached to an aromatic ring is 1. The summed E-state index contributed by atoms with van der Waals surface area (Å²) >= 11 is 0. The van der Waals surface area contributed by atoms with Crippen LogP contribution in [-0.4, -0.2) is 43.0 Å². The van der Waals surface area contributed by atoms with Crippen molar-refractivity contribution >= 4 is 17.1 Å². The van der Waals surface area contributed by atoms with Gasteiger partial charge in [0, 0.05) is 19.6 Å². The number of nitro groups is 1. The Labute approximate surface area is 114 Å². The molecule has 0 atom stereocenters. The molecule has 0 spiro atoms. The van der Waals surface area contributed by atoms with Crippen LogP contribution in [0, 0.1) is 21.7 Å². The van der Waals surface area contributed by atoms with E-state index in [9.17, 15) is 18.9 Å². The quantitative estimate of drug-likeness (QED) is 0.507. The number of rotatable bonds is 2. The highest BCUT2D eigenvalue weighted by Gasteiger charge is 2.27. The topological polar surface area (TPSA) is 75.6 Å². The second kappa shape index (κ2) is 5.58. The minimum atomic E-state index is -1.05. The van der Waals surface area contributed by atoms with Gasteiger partial charge in [0.25, 0.3) is 5.69 Å². The Morgan fingerprint density at radius 2 is 2.00 bits per heavy atom. The fourth-order valence-corrected chi connectivity index (χ4v) is 2.32. The number of anilines is 2. The number of hydrogen-bond acceptors (Lipinski definition) is 5. The maximum atomic E-state index is 14.2. The van der Waals surface area contributed by atoms with E-state index in [1.54, 1.807) is 4.90 Å². The number of benzene rings is 1. The lowest BCUT2D eigenvalue weighted by molar-refractivity contribution is -0.384. The normalized spacial score (nSPS) is 17.1. The van der Waals surface area contributed by atoms with Gasteiger partial charge in [-0.3, -0.25) is 10.1 Å². The molecule has 1 heterocycles. The van der Waals surface area contributed by atoms with Crippen molar-refractivity contribution in [1.29, 1.82) is 0 Å². The van der Waals surface area contributed by atoms with Crippen molar-refractivity contribution in [2.24, 2.45) is 0 Å². The van der Waals surface area contributed by atoms with Crippen molar-refractivity contribution in [1.82, 2.24) is 4.90 Å². The summed E-state index contributed by atoms with van der Waals surface area (Å²) in [6, 6.07) is 0.683. The number of nitrogens with zero attached hydrogens (tertiary/aromatic N) is 3. The number of likely N-dealkylation sites (N-methyl/N-ethyl adjacent to an activating group) is 1. The highest BCUT2D eigenvalue weighted by molar-refractivity contribution is 5.69. The molecule has 1 aromatic carbocycles. The summed E-state index contributed by atoms with van der Waals surface area (Å²) in [5, 5.41) is 10.7. The van der Waals surface area contributed by atoms with Crippen LogP contribution >= 0.6 is 0 Å². The maximum absolute atomic E-state index is 14.2. The number of nitro benzene ring substituents is 1. The second-order valence-electron chi connectivity index (χ2n) is 4.85. The molecule has 0 aliphatic carbocycles. The Morgan fingerprint density at radius 3 is 2.65 bits per heavy atom. The minimum absolute atomic E-state index is 0.275. The van der Waals surface area contributed by atoms with Gasteiger partial charge in [0.1, 0.15) is 11.4 Å². The standard InChI is InChI=1S/C12H16F2N4O2/c1-16-3-2-4-17(6-5-16)12-8(13)7-9(18(19)20)11(15)10(12)14/h7H,2-6,15H2,1H3. The monoisotopic (exact) mass is 286 g/mol. The second-order valence-corrected chi connectivity index (χ2v) is 4.85. The third kappa shape index (κ3) is 2.64. The molecule has 1 saturated heterocycles. The third-order valence-corrected chi connectivity index (χ3v) is 3.44. The van der Waals surface area contributed by atoms with Crippen molar-refractivity contribution in [2.75, 3.05) is 43.9 Å².